The summed E-state index contributed by atoms with van der Waals surface area (Å²) in [5.74, 6) is 0.657. The molecule has 2 fully saturated rings. The van der Waals surface area contributed by atoms with Crippen LogP contribution in [0.1, 0.15) is 39.0 Å². The number of piperidine rings is 1. The van der Waals surface area contributed by atoms with Gasteiger partial charge in [-0.1, -0.05) is 0 Å². The lowest BCUT2D eigenvalue weighted by molar-refractivity contribution is -0.122. The molecule has 2 saturated heterocycles. The third-order valence-corrected chi connectivity index (χ3v) is 5.50. The fraction of sp³-hybridized carbons (Fsp3) is 0.923. The van der Waals surface area contributed by atoms with Gasteiger partial charge in [0.2, 0.25) is 5.91 Å². The third-order valence-electron chi connectivity index (χ3n) is 4.20. The van der Waals surface area contributed by atoms with Crippen molar-refractivity contribution in [3.63, 3.8) is 0 Å². The van der Waals surface area contributed by atoms with E-state index in [0.717, 1.165) is 12.8 Å². The summed E-state index contributed by atoms with van der Waals surface area (Å²) in [6.07, 6.45) is 7.14. The minimum atomic E-state index is -0.860. The van der Waals surface area contributed by atoms with Crippen LogP contribution in [0.25, 0.3) is 0 Å². The lowest BCUT2D eigenvalue weighted by atomic mass is 9.89. The van der Waals surface area contributed by atoms with Crippen molar-refractivity contribution < 1.29 is 9.00 Å². The molecule has 1 amide bonds. The Labute approximate surface area is 112 Å². The van der Waals surface area contributed by atoms with E-state index in [4.69, 9.17) is 0 Å². The molecule has 0 aromatic rings. The van der Waals surface area contributed by atoms with Crippen LogP contribution in [0.2, 0.25) is 0 Å². The van der Waals surface area contributed by atoms with Gasteiger partial charge in [0.05, 0.1) is 0 Å². The number of amides is 1. The van der Waals surface area contributed by atoms with Crippen molar-refractivity contribution in [1.82, 2.24) is 10.6 Å². The summed E-state index contributed by atoms with van der Waals surface area (Å²) in [4.78, 5) is 11.8. The molecule has 18 heavy (non-hydrogen) atoms. The molecule has 2 N–H and O–H groups in total. The highest BCUT2D eigenvalue weighted by Gasteiger charge is 2.34. The van der Waals surface area contributed by atoms with Crippen molar-refractivity contribution in [3.05, 3.63) is 0 Å². The van der Waals surface area contributed by atoms with E-state index >= 15 is 0 Å². The monoisotopic (exact) mass is 272 g/mol. The quantitative estimate of drug-likeness (QED) is 0.778. The van der Waals surface area contributed by atoms with Gasteiger partial charge in [0.15, 0.2) is 0 Å². The Hall–Kier alpha value is -0.420. The molecule has 0 aromatic heterocycles. The zero-order valence-electron chi connectivity index (χ0n) is 11.3. The summed E-state index contributed by atoms with van der Waals surface area (Å²) in [6, 6.07) is 1.28. The summed E-state index contributed by atoms with van der Waals surface area (Å²) in [6.45, 7) is 2.43. The maximum atomic E-state index is 11.8. The number of rotatable bonds is 5. The van der Waals surface area contributed by atoms with Gasteiger partial charge in [0.1, 0.15) is 0 Å². The Balaban J connectivity index is 1.69. The standard InChI is InChI=1S/C13H24N2O2S/c1-9(18(2)17)8-14-13(16)7-10-5-11-3-4-12(6-10)15-11/h9-12,15H,3-8H2,1-2H3,(H,14,16). The first-order chi connectivity index (χ1) is 8.54. The molecule has 4 atom stereocenters. The zero-order valence-corrected chi connectivity index (χ0v) is 12.1. The average Bonchev–Trinajstić information content (AvgIpc) is 2.65. The second kappa shape index (κ2) is 6.15. The molecule has 0 saturated carbocycles. The topological polar surface area (TPSA) is 58.2 Å². The van der Waals surface area contributed by atoms with E-state index in [2.05, 4.69) is 10.6 Å². The highest BCUT2D eigenvalue weighted by molar-refractivity contribution is 7.84. The second-order valence-corrected chi connectivity index (χ2v) is 7.59. The highest BCUT2D eigenvalue weighted by atomic mass is 32.2. The van der Waals surface area contributed by atoms with E-state index in [1.54, 1.807) is 6.26 Å². The van der Waals surface area contributed by atoms with Crippen LogP contribution in [0.5, 0.6) is 0 Å². The fourth-order valence-corrected chi connectivity index (χ4v) is 3.37. The van der Waals surface area contributed by atoms with Crippen LogP contribution in [0, 0.1) is 5.92 Å². The van der Waals surface area contributed by atoms with Crippen molar-refractivity contribution in [2.45, 2.75) is 56.4 Å². The van der Waals surface area contributed by atoms with Crippen LogP contribution in [0.3, 0.4) is 0 Å². The molecule has 4 nitrogen and oxygen atoms in total. The summed E-state index contributed by atoms with van der Waals surface area (Å²) in [7, 11) is -0.860. The van der Waals surface area contributed by atoms with Gasteiger partial charge < -0.3 is 10.6 Å². The lowest BCUT2D eigenvalue weighted by Crippen LogP contribution is -2.40. The van der Waals surface area contributed by atoms with Crippen molar-refractivity contribution in [1.29, 1.82) is 0 Å². The van der Waals surface area contributed by atoms with Crippen LogP contribution in [0.4, 0.5) is 0 Å². The minimum Gasteiger partial charge on any atom is -0.355 e. The summed E-state index contributed by atoms with van der Waals surface area (Å²) in [5.41, 5.74) is 0. The van der Waals surface area contributed by atoms with Crippen LogP contribution in [-0.2, 0) is 15.6 Å². The molecule has 2 heterocycles. The summed E-state index contributed by atoms with van der Waals surface area (Å²) >= 11 is 0. The minimum absolute atomic E-state index is 0.0400. The molecule has 4 unspecified atom stereocenters. The normalized spacial score (nSPS) is 34.0. The first-order valence-electron chi connectivity index (χ1n) is 6.89. The molecule has 0 radical (unpaired) electrons. The van der Waals surface area contributed by atoms with Gasteiger partial charge in [-0.2, -0.15) is 0 Å². The van der Waals surface area contributed by atoms with Crippen LogP contribution >= 0.6 is 0 Å². The second-order valence-electron chi connectivity index (χ2n) is 5.79. The first-order valence-corrected chi connectivity index (χ1v) is 8.51. The average molecular weight is 272 g/mol. The van der Waals surface area contributed by atoms with Gasteiger partial charge in [-0.05, 0) is 38.5 Å². The lowest BCUT2D eigenvalue weighted by Gasteiger charge is -2.28. The number of nitrogens with one attached hydrogen (secondary N) is 2. The molecular weight excluding hydrogens is 248 g/mol. The van der Waals surface area contributed by atoms with Crippen LogP contribution in [-0.4, -0.2) is 40.3 Å². The van der Waals surface area contributed by atoms with Gasteiger partial charge in [-0.3, -0.25) is 9.00 Å². The Morgan fingerprint density at radius 2 is 2.00 bits per heavy atom. The molecule has 5 heteroatoms. The van der Waals surface area contributed by atoms with Gasteiger partial charge in [-0.25, -0.2) is 0 Å². The maximum absolute atomic E-state index is 11.8. The van der Waals surface area contributed by atoms with E-state index < -0.39 is 10.8 Å². The number of carbonyl (C=O) groups excluding carboxylic acids is 1. The van der Waals surface area contributed by atoms with Crippen molar-refractivity contribution in [2.75, 3.05) is 12.8 Å². The first kappa shape index (κ1) is 14.0. The van der Waals surface area contributed by atoms with Crippen LogP contribution in [0.15, 0.2) is 0 Å². The van der Waals surface area contributed by atoms with Crippen LogP contribution < -0.4 is 10.6 Å². The number of hydrogen-bond acceptors (Lipinski definition) is 3. The third kappa shape index (κ3) is 3.79. The Kier molecular flexibility index (Phi) is 4.78. The number of hydrogen-bond donors (Lipinski definition) is 2. The predicted octanol–water partition coefficient (Wildman–Crippen LogP) is 0.790. The zero-order chi connectivity index (χ0) is 13.1. The van der Waals surface area contributed by atoms with E-state index in [-0.39, 0.29) is 11.2 Å². The number of fused-ring (bicyclic) bond motifs is 2. The van der Waals surface area contributed by atoms with E-state index in [9.17, 15) is 9.00 Å². The van der Waals surface area contributed by atoms with E-state index in [0.29, 0.717) is 31.0 Å². The summed E-state index contributed by atoms with van der Waals surface area (Å²) < 4.78 is 11.2. The van der Waals surface area contributed by atoms with Crippen molar-refractivity contribution in [3.8, 4) is 0 Å². The summed E-state index contributed by atoms with van der Waals surface area (Å²) in [5, 5.41) is 6.54. The maximum Gasteiger partial charge on any atom is 0.220 e. The largest absolute Gasteiger partial charge is 0.355 e. The smallest absolute Gasteiger partial charge is 0.220 e. The number of carbonyl (C=O) groups is 1. The van der Waals surface area contributed by atoms with Gasteiger partial charge >= 0.3 is 0 Å². The van der Waals surface area contributed by atoms with Gasteiger partial charge in [-0.15, -0.1) is 0 Å². The predicted molar refractivity (Wildman–Crippen MR) is 73.8 cm³/mol. The Morgan fingerprint density at radius 3 is 2.56 bits per heavy atom. The van der Waals surface area contributed by atoms with Gasteiger partial charge in [0.25, 0.3) is 0 Å². The van der Waals surface area contributed by atoms with Crippen molar-refractivity contribution in [2.24, 2.45) is 5.92 Å². The SMILES string of the molecule is CC(CNC(=O)CC1CC2CCC(C1)N2)S(C)=O. The molecular formula is C13H24N2O2S. The molecule has 2 aliphatic rings. The fourth-order valence-electron chi connectivity index (χ4n) is 3.05. The molecule has 2 bridgehead atoms. The Morgan fingerprint density at radius 1 is 1.39 bits per heavy atom. The molecule has 0 aliphatic carbocycles. The van der Waals surface area contributed by atoms with Crippen molar-refractivity contribution >= 4 is 16.7 Å². The van der Waals surface area contributed by atoms with E-state index in [1.165, 1.54) is 12.8 Å². The molecule has 0 aromatic carbocycles. The Bertz CT molecular complexity index is 323. The molecule has 2 rings (SSSR count). The molecule has 0 spiro atoms. The molecule has 2 aliphatic heterocycles. The van der Waals surface area contributed by atoms with E-state index in [1.807, 2.05) is 6.92 Å². The van der Waals surface area contributed by atoms with Gasteiger partial charge in [0, 0.05) is 47.4 Å². The highest BCUT2D eigenvalue weighted by Crippen LogP contribution is 2.32. The molecule has 104 valence electrons.